The number of nitrogens with zero attached hydrogens (tertiary/aromatic N) is 4. The third-order valence-corrected chi connectivity index (χ3v) is 3.36. The standard InChI is InChI=1S/C11H14N4O2S/c1-6-9(7(2)16)5-14(8(3)17)11-12-10(18-4)13-15(6)11/h5-6H,1-4H3. The summed E-state index contributed by atoms with van der Waals surface area (Å²) in [6.45, 7) is 4.78. The van der Waals surface area contributed by atoms with Crippen LogP contribution in [0.15, 0.2) is 16.9 Å². The molecule has 0 aromatic carbocycles. The number of fused-ring (bicyclic) bond motifs is 1. The second-order valence-corrected chi connectivity index (χ2v) is 4.82. The van der Waals surface area contributed by atoms with E-state index in [1.807, 2.05) is 13.2 Å². The van der Waals surface area contributed by atoms with Crippen LogP contribution in [0.2, 0.25) is 0 Å². The first-order valence-corrected chi connectivity index (χ1v) is 6.71. The molecule has 1 aromatic heterocycles. The predicted molar refractivity (Wildman–Crippen MR) is 68.4 cm³/mol. The van der Waals surface area contributed by atoms with Gasteiger partial charge in [0.15, 0.2) is 5.78 Å². The van der Waals surface area contributed by atoms with Gasteiger partial charge in [0, 0.05) is 18.7 Å². The zero-order valence-electron chi connectivity index (χ0n) is 10.7. The number of amides is 1. The minimum atomic E-state index is -0.207. The number of ketones is 1. The number of carbonyl (C=O) groups excluding carboxylic acids is 2. The Bertz CT molecular complexity index is 549. The van der Waals surface area contributed by atoms with Gasteiger partial charge in [-0.3, -0.25) is 14.5 Å². The molecule has 0 aliphatic carbocycles. The van der Waals surface area contributed by atoms with E-state index in [-0.39, 0.29) is 17.7 Å². The number of aromatic nitrogens is 3. The molecule has 0 saturated carbocycles. The molecule has 7 heteroatoms. The molecule has 6 nitrogen and oxygen atoms in total. The van der Waals surface area contributed by atoms with Crippen LogP contribution in [0.25, 0.3) is 0 Å². The molecule has 2 rings (SSSR count). The van der Waals surface area contributed by atoms with Gasteiger partial charge in [0.05, 0.1) is 6.04 Å². The molecule has 1 aliphatic heterocycles. The Morgan fingerprint density at radius 2 is 2.06 bits per heavy atom. The maximum Gasteiger partial charge on any atom is 0.236 e. The van der Waals surface area contributed by atoms with Gasteiger partial charge >= 0.3 is 0 Å². The molecule has 0 fully saturated rings. The number of rotatable bonds is 2. The van der Waals surface area contributed by atoms with Crippen molar-refractivity contribution in [1.29, 1.82) is 0 Å². The third kappa shape index (κ3) is 1.94. The van der Waals surface area contributed by atoms with Gasteiger partial charge in [-0.25, -0.2) is 4.68 Å². The first-order chi connectivity index (χ1) is 8.45. The largest absolute Gasteiger partial charge is 0.295 e. The van der Waals surface area contributed by atoms with Crippen LogP contribution < -0.4 is 4.90 Å². The van der Waals surface area contributed by atoms with Crippen LogP contribution in [0.3, 0.4) is 0 Å². The van der Waals surface area contributed by atoms with E-state index < -0.39 is 0 Å². The zero-order valence-corrected chi connectivity index (χ0v) is 11.5. The normalized spacial score (nSPS) is 18.3. The lowest BCUT2D eigenvalue weighted by Crippen LogP contribution is -2.33. The van der Waals surface area contributed by atoms with Crippen LogP contribution in [0, 0.1) is 0 Å². The second-order valence-electron chi connectivity index (χ2n) is 4.05. The summed E-state index contributed by atoms with van der Waals surface area (Å²) in [5.41, 5.74) is 0.551. The summed E-state index contributed by atoms with van der Waals surface area (Å²) in [5, 5.41) is 4.88. The third-order valence-electron chi connectivity index (χ3n) is 2.82. The maximum absolute atomic E-state index is 11.6. The van der Waals surface area contributed by atoms with Crippen LogP contribution in [-0.4, -0.2) is 32.7 Å². The van der Waals surface area contributed by atoms with E-state index in [1.165, 1.54) is 30.5 Å². The van der Waals surface area contributed by atoms with Crippen molar-refractivity contribution in [2.75, 3.05) is 11.2 Å². The van der Waals surface area contributed by atoms with E-state index in [9.17, 15) is 9.59 Å². The van der Waals surface area contributed by atoms with Gasteiger partial charge in [0.1, 0.15) is 0 Å². The van der Waals surface area contributed by atoms with Crippen LogP contribution in [-0.2, 0) is 9.59 Å². The van der Waals surface area contributed by atoms with Crippen molar-refractivity contribution in [3.8, 4) is 0 Å². The highest BCUT2D eigenvalue weighted by Gasteiger charge is 2.30. The molecule has 0 radical (unpaired) electrons. The smallest absolute Gasteiger partial charge is 0.236 e. The molecule has 18 heavy (non-hydrogen) atoms. The summed E-state index contributed by atoms with van der Waals surface area (Å²) in [6.07, 6.45) is 3.42. The van der Waals surface area contributed by atoms with Crippen molar-refractivity contribution >= 4 is 29.4 Å². The maximum atomic E-state index is 11.6. The first-order valence-electron chi connectivity index (χ1n) is 5.48. The Labute approximate surface area is 109 Å². The van der Waals surface area contributed by atoms with E-state index in [0.29, 0.717) is 16.7 Å². The van der Waals surface area contributed by atoms with Crippen molar-refractivity contribution in [1.82, 2.24) is 14.8 Å². The summed E-state index contributed by atoms with van der Waals surface area (Å²) in [5.74, 6) is 0.201. The number of hydrogen-bond donors (Lipinski definition) is 0. The lowest BCUT2D eigenvalue weighted by molar-refractivity contribution is -0.116. The van der Waals surface area contributed by atoms with Gasteiger partial charge in [-0.05, 0) is 20.1 Å². The van der Waals surface area contributed by atoms with Crippen LogP contribution >= 0.6 is 11.8 Å². The summed E-state index contributed by atoms with van der Waals surface area (Å²) in [6, 6.07) is -0.207. The lowest BCUT2D eigenvalue weighted by Gasteiger charge is -2.27. The Morgan fingerprint density at radius 3 is 2.56 bits per heavy atom. The number of Topliss-reactive ketones (excluding diaryl/α,β-unsaturated/α-hetero) is 1. The highest BCUT2D eigenvalue weighted by atomic mass is 32.2. The van der Waals surface area contributed by atoms with Crippen LogP contribution in [0.4, 0.5) is 5.95 Å². The SMILES string of the molecule is CSc1nc2n(n1)C(C)C(C(C)=O)=CN2C(C)=O. The molecule has 2 heterocycles. The molecule has 1 aliphatic rings. The number of allylic oxidation sites excluding steroid dienone is 1. The molecular formula is C11H14N4O2S. The number of hydrogen-bond acceptors (Lipinski definition) is 5. The van der Waals surface area contributed by atoms with Crippen molar-refractivity contribution in [2.45, 2.75) is 32.0 Å². The van der Waals surface area contributed by atoms with E-state index in [4.69, 9.17) is 0 Å². The molecular weight excluding hydrogens is 252 g/mol. The molecule has 0 N–H and O–H groups in total. The van der Waals surface area contributed by atoms with Crippen molar-refractivity contribution in [3.05, 3.63) is 11.8 Å². The lowest BCUT2D eigenvalue weighted by atomic mass is 10.1. The number of thioether (sulfide) groups is 1. The second kappa shape index (κ2) is 4.56. The van der Waals surface area contributed by atoms with Gasteiger partial charge in [-0.2, -0.15) is 4.98 Å². The van der Waals surface area contributed by atoms with E-state index >= 15 is 0 Å². The van der Waals surface area contributed by atoms with Gasteiger partial charge in [0.2, 0.25) is 17.0 Å². The van der Waals surface area contributed by atoms with Gasteiger partial charge in [-0.1, -0.05) is 11.8 Å². The zero-order chi connectivity index (χ0) is 13.4. The molecule has 1 aromatic rings. The molecule has 1 atom stereocenters. The quantitative estimate of drug-likeness (QED) is 0.757. The molecule has 0 spiro atoms. The summed E-state index contributed by atoms with van der Waals surface area (Å²) < 4.78 is 1.62. The Balaban J connectivity index is 2.57. The molecule has 1 amide bonds. The van der Waals surface area contributed by atoms with Gasteiger partial charge < -0.3 is 0 Å². The fourth-order valence-electron chi connectivity index (χ4n) is 1.86. The molecule has 0 saturated heterocycles. The van der Waals surface area contributed by atoms with Crippen LogP contribution in [0.1, 0.15) is 26.8 Å². The minimum Gasteiger partial charge on any atom is -0.295 e. The molecule has 0 bridgehead atoms. The fraction of sp³-hybridized carbons (Fsp3) is 0.455. The van der Waals surface area contributed by atoms with Gasteiger partial charge in [0.25, 0.3) is 0 Å². The Morgan fingerprint density at radius 1 is 1.39 bits per heavy atom. The van der Waals surface area contributed by atoms with Crippen LogP contribution in [0.5, 0.6) is 0 Å². The topological polar surface area (TPSA) is 68.1 Å². The van der Waals surface area contributed by atoms with Crippen molar-refractivity contribution < 1.29 is 9.59 Å². The van der Waals surface area contributed by atoms with Crippen molar-refractivity contribution in [3.63, 3.8) is 0 Å². The minimum absolute atomic E-state index is 0.0689. The molecule has 96 valence electrons. The predicted octanol–water partition coefficient (Wildman–Crippen LogP) is 1.40. The monoisotopic (exact) mass is 266 g/mol. The average Bonchev–Trinajstić information content (AvgIpc) is 2.73. The summed E-state index contributed by atoms with van der Waals surface area (Å²) in [4.78, 5) is 28.9. The number of carbonyl (C=O) groups is 2. The van der Waals surface area contributed by atoms with Crippen molar-refractivity contribution in [2.24, 2.45) is 0 Å². The Hall–Kier alpha value is -1.63. The fourth-order valence-corrected chi connectivity index (χ4v) is 2.20. The number of anilines is 1. The summed E-state index contributed by atoms with van der Waals surface area (Å²) >= 11 is 1.40. The molecule has 1 unspecified atom stereocenters. The van der Waals surface area contributed by atoms with Gasteiger partial charge in [-0.15, -0.1) is 5.10 Å². The van der Waals surface area contributed by atoms with E-state index in [0.717, 1.165) is 0 Å². The first kappa shape index (κ1) is 12.8. The highest BCUT2D eigenvalue weighted by Crippen LogP contribution is 2.31. The van der Waals surface area contributed by atoms with E-state index in [2.05, 4.69) is 10.1 Å². The van der Waals surface area contributed by atoms with E-state index in [1.54, 1.807) is 10.9 Å². The average molecular weight is 266 g/mol. The summed E-state index contributed by atoms with van der Waals surface area (Å²) in [7, 11) is 0. The Kier molecular flexibility index (Phi) is 3.25. The highest BCUT2D eigenvalue weighted by molar-refractivity contribution is 7.98.